The molecule has 0 spiro atoms. The molecule has 0 radical (unpaired) electrons. The standard InChI is InChI=1S/C21H19BrN4O3S/c1-4-9-30-21-24-20-17(25-26-21)13-7-5-6-8-15(13)23-19(29-20)14-10-12(22)11-16(27-2)18(14)28-3/h4-8,10-11,19,23H,1,9H2,2-3H3/t19-/m0/s1. The van der Waals surface area contributed by atoms with Crippen LogP contribution >= 0.6 is 27.7 Å². The average Bonchev–Trinajstić information content (AvgIpc) is 2.93. The first-order valence-electron chi connectivity index (χ1n) is 9.07. The van der Waals surface area contributed by atoms with E-state index in [-0.39, 0.29) is 0 Å². The Labute approximate surface area is 187 Å². The molecule has 2 aromatic carbocycles. The number of nitrogens with one attached hydrogen (secondary N) is 1. The van der Waals surface area contributed by atoms with Crippen LogP contribution < -0.4 is 19.5 Å². The predicted molar refractivity (Wildman–Crippen MR) is 120 cm³/mol. The fourth-order valence-corrected chi connectivity index (χ4v) is 4.10. The third-order valence-electron chi connectivity index (χ3n) is 4.42. The number of ether oxygens (including phenoxy) is 3. The van der Waals surface area contributed by atoms with Crippen molar-refractivity contribution in [2.24, 2.45) is 0 Å². The maximum atomic E-state index is 6.32. The van der Waals surface area contributed by atoms with Gasteiger partial charge in [-0.2, -0.15) is 4.98 Å². The molecule has 0 saturated carbocycles. The molecule has 0 amide bonds. The third-order valence-corrected chi connectivity index (χ3v) is 5.71. The Hall–Kier alpha value is -2.78. The van der Waals surface area contributed by atoms with Crippen molar-refractivity contribution in [1.29, 1.82) is 0 Å². The van der Waals surface area contributed by atoms with Crippen LogP contribution in [-0.4, -0.2) is 35.2 Å². The second-order valence-corrected chi connectivity index (χ2v) is 8.17. The Bertz CT molecular complexity index is 1100. The average molecular weight is 487 g/mol. The summed E-state index contributed by atoms with van der Waals surface area (Å²) in [4.78, 5) is 4.60. The summed E-state index contributed by atoms with van der Waals surface area (Å²) in [6.45, 7) is 3.74. The SMILES string of the molecule is C=CCSc1nnc2c(n1)O[C@@H](c1cc(Br)cc(OC)c1OC)Nc1ccccc1-2. The molecular formula is C21H19BrN4O3S. The normalized spacial score (nSPS) is 14.4. The highest BCUT2D eigenvalue weighted by atomic mass is 79.9. The summed E-state index contributed by atoms with van der Waals surface area (Å²) in [5.41, 5.74) is 3.04. The topological polar surface area (TPSA) is 78.4 Å². The molecule has 30 heavy (non-hydrogen) atoms. The minimum absolute atomic E-state index is 0.389. The summed E-state index contributed by atoms with van der Waals surface area (Å²) in [6.07, 6.45) is 1.20. The molecule has 2 heterocycles. The molecule has 1 aliphatic rings. The number of aromatic nitrogens is 3. The van der Waals surface area contributed by atoms with Crippen molar-refractivity contribution >= 4 is 33.4 Å². The summed E-state index contributed by atoms with van der Waals surface area (Å²) in [6, 6.07) is 11.6. The van der Waals surface area contributed by atoms with Crippen LogP contribution in [0.25, 0.3) is 11.3 Å². The van der Waals surface area contributed by atoms with Crippen LogP contribution in [0.15, 0.2) is 58.7 Å². The highest BCUT2D eigenvalue weighted by Crippen LogP contribution is 2.44. The molecule has 0 bridgehead atoms. The van der Waals surface area contributed by atoms with E-state index in [1.54, 1.807) is 20.3 Å². The van der Waals surface area contributed by atoms with Gasteiger partial charge in [-0.15, -0.1) is 16.8 Å². The van der Waals surface area contributed by atoms with Crippen LogP contribution in [-0.2, 0) is 0 Å². The first kappa shape index (κ1) is 20.5. The monoisotopic (exact) mass is 486 g/mol. The largest absolute Gasteiger partial charge is 0.493 e. The van der Waals surface area contributed by atoms with Gasteiger partial charge in [-0.05, 0) is 18.2 Å². The number of hydrogen-bond acceptors (Lipinski definition) is 8. The number of para-hydroxylation sites is 1. The lowest BCUT2D eigenvalue weighted by atomic mass is 10.1. The van der Waals surface area contributed by atoms with Crippen LogP contribution in [0.4, 0.5) is 5.69 Å². The van der Waals surface area contributed by atoms with Crippen molar-refractivity contribution in [2.45, 2.75) is 11.4 Å². The lowest BCUT2D eigenvalue weighted by Gasteiger charge is -2.22. The molecule has 154 valence electrons. The number of hydrogen-bond donors (Lipinski definition) is 1. The molecule has 1 aromatic heterocycles. The molecule has 1 atom stereocenters. The van der Waals surface area contributed by atoms with Crippen molar-refractivity contribution in [3.8, 4) is 28.6 Å². The molecule has 0 aliphatic carbocycles. The van der Waals surface area contributed by atoms with Gasteiger partial charge in [0.1, 0.15) is 0 Å². The minimum Gasteiger partial charge on any atom is -0.493 e. The van der Waals surface area contributed by atoms with E-state index in [1.165, 1.54) is 11.8 Å². The molecule has 0 fully saturated rings. The first-order valence-corrected chi connectivity index (χ1v) is 10.8. The second kappa shape index (κ2) is 8.93. The number of thioether (sulfide) groups is 1. The molecule has 1 N–H and O–H groups in total. The number of fused-ring (bicyclic) bond motifs is 3. The van der Waals surface area contributed by atoms with Crippen molar-refractivity contribution in [1.82, 2.24) is 15.2 Å². The predicted octanol–water partition coefficient (Wildman–Crippen LogP) is 5.10. The van der Waals surface area contributed by atoms with Crippen molar-refractivity contribution < 1.29 is 14.2 Å². The van der Waals surface area contributed by atoms with Crippen LogP contribution in [0, 0.1) is 0 Å². The van der Waals surface area contributed by atoms with Gasteiger partial charge in [-0.1, -0.05) is 52.0 Å². The Morgan fingerprint density at radius 3 is 2.83 bits per heavy atom. The number of methoxy groups -OCH3 is 2. The van der Waals surface area contributed by atoms with Gasteiger partial charge in [-0.25, -0.2) is 0 Å². The Morgan fingerprint density at radius 2 is 2.07 bits per heavy atom. The van der Waals surface area contributed by atoms with Gasteiger partial charge in [0, 0.05) is 21.5 Å². The summed E-state index contributed by atoms with van der Waals surface area (Å²) in [5, 5.41) is 12.6. The van der Waals surface area contributed by atoms with E-state index < -0.39 is 6.23 Å². The van der Waals surface area contributed by atoms with Crippen LogP contribution in [0.1, 0.15) is 11.8 Å². The van der Waals surface area contributed by atoms with Gasteiger partial charge in [0.25, 0.3) is 0 Å². The van der Waals surface area contributed by atoms with Crippen LogP contribution in [0.3, 0.4) is 0 Å². The lowest BCUT2D eigenvalue weighted by Crippen LogP contribution is -2.18. The van der Waals surface area contributed by atoms with Gasteiger partial charge in [0.05, 0.1) is 19.8 Å². The molecule has 9 heteroatoms. The Balaban J connectivity index is 1.86. The van der Waals surface area contributed by atoms with E-state index in [0.717, 1.165) is 21.3 Å². The molecule has 3 aromatic rings. The van der Waals surface area contributed by atoms with E-state index in [2.05, 4.69) is 43.0 Å². The highest BCUT2D eigenvalue weighted by molar-refractivity contribution is 9.10. The van der Waals surface area contributed by atoms with Crippen molar-refractivity contribution in [3.63, 3.8) is 0 Å². The van der Waals surface area contributed by atoms with Crippen LogP contribution in [0.5, 0.6) is 17.4 Å². The lowest BCUT2D eigenvalue weighted by molar-refractivity contribution is 0.218. The maximum absolute atomic E-state index is 6.32. The maximum Gasteiger partial charge on any atom is 0.247 e. The fraction of sp³-hybridized carbons (Fsp3) is 0.190. The van der Waals surface area contributed by atoms with E-state index in [1.807, 2.05) is 36.4 Å². The molecule has 7 nitrogen and oxygen atoms in total. The number of anilines is 1. The number of rotatable bonds is 6. The van der Waals surface area contributed by atoms with Gasteiger partial charge >= 0.3 is 0 Å². The van der Waals surface area contributed by atoms with E-state index in [9.17, 15) is 0 Å². The van der Waals surface area contributed by atoms with Gasteiger partial charge < -0.3 is 19.5 Å². The van der Waals surface area contributed by atoms with Crippen LogP contribution in [0.2, 0.25) is 0 Å². The molecular weight excluding hydrogens is 468 g/mol. The Morgan fingerprint density at radius 1 is 1.23 bits per heavy atom. The Kier molecular flexibility index (Phi) is 6.10. The summed E-state index contributed by atoms with van der Waals surface area (Å²) in [7, 11) is 3.20. The fourth-order valence-electron chi connectivity index (χ4n) is 3.14. The summed E-state index contributed by atoms with van der Waals surface area (Å²) in [5.74, 6) is 2.23. The number of halogens is 1. The van der Waals surface area contributed by atoms with Crippen molar-refractivity contribution in [3.05, 3.63) is 59.1 Å². The number of nitrogens with zero attached hydrogens (tertiary/aromatic N) is 3. The van der Waals surface area contributed by atoms with Crippen molar-refractivity contribution in [2.75, 3.05) is 25.3 Å². The van der Waals surface area contributed by atoms with E-state index in [0.29, 0.717) is 34.0 Å². The zero-order valence-electron chi connectivity index (χ0n) is 16.4. The molecule has 1 aliphatic heterocycles. The quantitative estimate of drug-likeness (QED) is 0.380. The smallest absolute Gasteiger partial charge is 0.247 e. The van der Waals surface area contributed by atoms with Gasteiger partial charge in [-0.3, -0.25) is 0 Å². The van der Waals surface area contributed by atoms with Gasteiger partial charge in [0.15, 0.2) is 17.2 Å². The molecule has 4 rings (SSSR count). The third kappa shape index (κ3) is 3.95. The first-order chi connectivity index (χ1) is 14.6. The number of benzene rings is 2. The van der Waals surface area contributed by atoms with E-state index >= 15 is 0 Å². The van der Waals surface area contributed by atoms with Gasteiger partial charge in [0.2, 0.25) is 17.3 Å². The molecule has 0 saturated heterocycles. The summed E-state index contributed by atoms with van der Waals surface area (Å²) < 4.78 is 18.3. The minimum atomic E-state index is -0.595. The molecule has 0 unspecified atom stereocenters. The summed E-state index contributed by atoms with van der Waals surface area (Å²) >= 11 is 4.98. The zero-order chi connectivity index (χ0) is 21.1. The van der Waals surface area contributed by atoms with E-state index in [4.69, 9.17) is 14.2 Å². The highest BCUT2D eigenvalue weighted by Gasteiger charge is 2.29. The zero-order valence-corrected chi connectivity index (χ0v) is 18.8. The second-order valence-electron chi connectivity index (χ2n) is 6.27.